The molecule has 0 aliphatic heterocycles. The normalized spacial score (nSPS) is 14.5. The van der Waals surface area contributed by atoms with Gasteiger partial charge < -0.3 is 27.9 Å². The molecule has 0 fully saturated rings. The van der Waals surface area contributed by atoms with Gasteiger partial charge in [0.1, 0.15) is 19.8 Å². The molecule has 0 bridgehead atoms. The molecular formula is C48H80NO8P. The first-order valence-electron chi connectivity index (χ1n) is 21.9. The molecule has 330 valence electrons. The summed E-state index contributed by atoms with van der Waals surface area (Å²) in [6.07, 6.45) is 51.6. The molecule has 0 saturated carbocycles. The van der Waals surface area contributed by atoms with Crippen LogP contribution in [0.15, 0.2) is 97.2 Å². The quantitative estimate of drug-likeness (QED) is 0.0199. The van der Waals surface area contributed by atoms with Crippen LogP contribution in [0.1, 0.15) is 142 Å². The van der Waals surface area contributed by atoms with Crippen molar-refractivity contribution in [2.24, 2.45) is 0 Å². The highest BCUT2D eigenvalue weighted by atomic mass is 31.2. The second-order valence-corrected chi connectivity index (χ2v) is 16.7. The van der Waals surface area contributed by atoms with E-state index in [-0.39, 0.29) is 26.1 Å². The van der Waals surface area contributed by atoms with E-state index in [1.54, 1.807) is 0 Å². The predicted molar refractivity (Wildman–Crippen MR) is 240 cm³/mol. The summed E-state index contributed by atoms with van der Waals surface area (Å²) >= 11 is 0. The summed E-state index contributed by atoms with van der Waals surface area (Å²) < 4.78 is 33.8. The summed E-state index contributed by atoms with van der Waals surface area (Å²) in [6.45, 7) is 3.95. The Morgan fingerprint density at radius 3 is 1.53 bits per heavy atom. The van der Waals surface area contributed by atoms with Gasteiger partial charge in [0.2, 0.25) is 0 Å². The van der Waals surface area contributed by atoms with Crippen molar-refractivity contribution in [1.29, 1.82) is 0 Å². The zero-order valence-corrected chi connectivity index (χ0v) is 37.8. The molecule has 10 heteroatoms. The fourth-order valence-electron chi connectivity index (χ4n) is 5.18. The Labute approximate surface area is 353 Å². The molecule has 2 atom stereocenters. The maximum Gasteiger partial charge on any atom is 0.306 e. The zero-order chi connectivity index (χ0) is 42.8. The lowest BCUT2D eigenvalue weighted by molar-refractivity contribution is -0.870. The number of ether oxygens (including phenoxy) is 2. The largest absolute Gasteiger partial charge is 0.756 e. The van der Waals surface area contributed by atoms with Crippen LogP contribution in [0.5, 0.6) is 0 Å². The fourth-order valence-corrected chi connectivity index (χ4v) is 5.91. The smallest absolute Gasteiger partial charge is 0.306 e. The molecule has 0 aliphatic carbocycles. The van der Waals surface area contributed by atoms with Crippen LogP contribution in [0.3, 0.4) is 0 Å². The van der Waals surface area contributed by atoms with Crippen LogP contribution in [0.25, 0.3) is 0 Å². The van der Waals surface area contributed by atoms with E-state index in [1.165, 1.54) is 19.3 Å². The van der Waals surface area contributed by atoms with Crippen molar-refractivity contribution in [2.45, 2.75) is 148 Å². The molecule has 0 aromatic rings. The van der Waals surface area contributed by atoms with Crippen molar-refractivity contribution in [3.05, 3.63) is 97.2 Å². The highest BCUT2D eigenvalue weighted by Crippen LogP contribution is 2.38. The van der Waals surface area contributed by atoms with Crippen molar-refractivity contribution < 1.29 is 42.1 Å². The van der Waals surface area contributed by atoms with Gasteiger partial charge >= 0.3 is 11.9 Å². The van der Waals surface area contributed by atoms with E-state index in [0.29, 0.717) is 23.9 Å². The Balaban J connectivity index is 4.53. The van der Waals surface area contributed by atoms with E-state index in [1.807, 2.05) is 33.3 Å². The second-order valence-electron chi connectivity index (χ2n) is 15.3. The van der Waals surface area contributed by atoms with Crippen molar-refractivity contribution in [3.8, 4) is 0 Å². The Hall–Kier alpha value is -3.07. The van der Waals surface area contributed by atoms with E-state index in [0.717, 1.165) is 83.5 Å². The number of likely N-dealkylation sites (N-methyl/N-ethyl adjacent to an activating group) is 1. The first kappa shape index (κ1) is 54.9. The lowest BCUT2D eigenvalue weighted by Crippen LogP contribution is -2.37. The maximum atomic E-state index is 12.7. The first-order valence-corrected chi connectivity index (χ1v) is 23.4. The minimum Gasteiger partial charge on any atom is -0.756 e. The lowest BCUT2D eigenvalue weighted by atomic mass is 10.1. The molecule has 0 aromatic heterocycles. The Morgan fingerprint density at radius 2 is 1.02 bits per heavy atom. The summed E-state index contributed by atoms with van der Waals surface area (Å²) in [5, 5.41) is 0. The maximum absolute atomic E-state index is 12.7. The molecule has 0 spiro atoms. The number of phosphoric acid groups is 1. The monoisotopic (exact) mass is 830 g/mol. The van der Waals surface area contributed by atoms with E-state index >= 15 is 0 Å². The molecule has 0 rings (SSSR count). The van der Waals surface area contributed by atoms with E-state index < -0.39 is 32.5 Å². The minimum absolute atomic E-state index is 0.0505. The van der Waals surface area contributed by atoms with Crippen molar-refractivity contribution in [2.75, 3.05) is 47.5 Å². The number of hydrogen-bond acceptors (Lipinski definition) is 8. The predicted octanol–water partition coefficient (Wildman–Crippen LogP) is 11.9. The van der Waals surface area contributed by atoms with Gasteiger partial charge in [-0.05, 0) is 83.5 Å². The summed E-state index contributed by atoms with van der Waals surface area (Å²) in [5.41, 5.74) is 0. The number of esters is 2. The van der Waals surface area contributed by atoms with Crippen LogP contribution < -0.4 is 4.89 Å². The average molecular weight is 830 g/mol. The van der Waals surface area contributed by atoms with Crippen LogP contribution in [0, 0.1) is 0 Å². The number of carbonyl (C=O) groups excluding carboxylic acids is 2. The Kier molecular flexibility index (Phi) is 37.3. The second kappa shape index (κ2) is 39.4. The molecule has 9 nitrogen and oxygen atoms in total. The van der Waals surface area contributed by atoms with Crippen LogP contribution in [-0.2, 0) is 32.7 Å². The van der Waals surface area contributed by atoms with Gasteiger partial charge in [0.25, 0.3) is 7.82 Å². The van der Waals surface area contributed by atoms with Crippen molar-refractivity contribution in [3.63, 3.8) is 0 Å². The number of carbonyl (C=O) groups is 2. The number of quaternary nitrogens is 1. The van der Waals surface area contributed by atoms with Gasteiger partial charge in [-0.2, -0.15) is 0 Å². The van der Waals surface area contributed by atoms with Crippen LogP contribution in [0.2, 0.25) is 0 Å². The molecule has 0 aliphatic rings. The first-order chi connectivity index (χ1) is 28.0. The summed E-state index contributed by atoms with van der Waals surface area (Å²) in [6, 6.07) is 0. The standard InChI is InChI=1S/C48H80NO8P/c1-6-8-10-12-14-16-18-20-22-23-24-25-27-28-30-32-34-36-38-40-47(50)54-44-46(45-56-58(52,53)55-43-42-49(3,4)5)57-48(51)41-39-37-35-33-31-29-26-21-19-17-15-13-11-9-7-2/h8,10,14-17,20-22,24-26,28,30,34,36,46H,6-7,9,11-13,18-19,23,27,29,31-33,35,37-45H2,1-5H3/b10-8-,16-14-,17-15-,22-20-,25-24-,26-21-,30-28-,36-34-. The summed E-state index contributed by atoms with van der Waals surface area (Å²) in [7, 11) is 1.10. The number of unbranched alkanes of at least 4 members (excludes halogenated alkanes) is 8. The van der Waals surface area contributed by atoms with Gasteiger partial charge in [-0.3, -0.25) is 14.2 Å². The third kappa shape index (κ3) is 42.5. The molecule has 0 heterocycles. The van der Waals surface area contributed by atoms with E-state index in [2.05, 4.69) is 98.9 Å². The Morgan fingerprint density at radius 1 is 0.552 bits per heavy atom. The Bertz CT molecular complexity index is 1300. The number of hydrogen-bond donors (Lipinski definition) is 0. The van der Waals surface area contributed by atoms with Gasteiger partial charge in [0.15, 0.2) is 6.10 Å². The van der Waals surface area contributed by atoms with E-state index in [9.17, 15) is 19.0 Å². The highest BCUT2D eigenvalue weighted by Gasteiger charge is 2.21. The SMILES string of the molecule is CC/C=C\C/C=C\C/C=C\C/C=C\C/C=C\C/C=C\CCC(=O)OCC(COP(=O)([O-])OCC[N+](C)(C)C)OC(=O)CCCCCCC/C=C\C/C=C\CCCCC. The average Bonchev–Trinajstić information content (AvgIpc) is 3.17. The molecule has 0 saturated heterocycles. The highest BCUT2D eigenvalue weighted by molar-refractivity contribution is 7.45. The zero-order valence-electron chi connectivity index (χ0n) is 36.9. The van der Waals surface area contributed by atoms with Gasteiger partial charge in [0, 0.05) is 12.8 Å². The van der Waals surface area contributed by atoms with Gasteiger partial charge in [-0.25, -0.2) is 0 Å². The van der Waals surface area contributed by atoms with Gasteiger partial charge in [-0.1, -0.05) is 143 Å². The van der Waals surface area contributed by atoms with Crippen LogP contribution >= 0.6 is 7.82 Å². The van der Waals surface area contributed by atoms with Gasteiger partial charge in [-0.15, -0.1) is 0 Å². The van der Waals surface area contributed by atoms with Crippen LogP contribution in [0.4, 0.5) is 0 Å². The molecule has 0 amide bonds. The summed E-state index contributed by atoms with van der Waals surface area (Å²) in [4.78, 5) is 37.5. The minimum atomic E-state index is -4.65. The number of nitrogens with zero attached hydrogens (tertiary/aromatic N) is 1. The molecular weight excluding hydrogens is 750 g/mol. The molecule has 0 radical (unpaired) electrons. The van der Waals surface area contributed by atoms with E-state index in [4.69, 9.17) is 18.5 Å². The molecule has 0 aromatic carbocycles. The van der Waals surface area contributed by atoms with Crippen molar-refractivity contribution in [1.82, 2.24) is 0 Å². The fraction of sp³-hybridized carbons (Fsp3) is 0.625. The van der Waals surface area contributed by atoms with Crippen LogP contribution in [-0.4, -0.2) is 70.0 Å². The van der Waals surface area contributed by atoms with Crippen molar-refractivity contribution >= 4 is 19.8 Å². The molecule has 0 N–H and O–H groups in total. The third-order valence-corrected chi connectivity index (χ3v) is 9.57. The number of phosphoric ester groups is 1. The third-order valence-electron chi connectivity index (χ3n) is 8.60. The lowest BCUT2D eigenvalue weighted by Gasteiger charge is -2.28. The number of rotatable bonds is 38. The molecule has 58 heavy (non-hydrogen) atoms. The number of allylic oxidation sites excluding steroid dienone is 16. The molecule has 2 unspecified atom stereocenters. The van der Waals surface area contributed by atoms with Gasteiger partial charge in [0.05, 0.1) is 27.7 Å². The summed E-state index contributed by atoms with van der Waals surface area (Å²) in [5.74, 6) is -0.959. The topological polar surface area (TPSA) is 111 Å².